The zero-order chi connectivity index (χ0) is 18.4. The summed E-state index contributed by atoms with van der Waals surface area (Å²) >= 11 is 0. The molecule has 26 heavy (non-hydrogen) atoms. The highest BCUT2D eigenvalue weighted by atomic mass is 127. The van der Waals surface area contributed by atoms with Crippen molar-refractivity contribution in [1.82, 2.24) is 14.8 Å². The first kappa shape index (κ1) is 22.5. The summed E-state index contributed by atoms with van der Waals surface area (Å²) in [6, 6.07) is 4.06. The third kappa shape index (κ3) is 7.35. The maximum atomic E-state index is 12.1. The summed E-state index contributed by atoms with van der Waals surface area (Å²) < 4.78 is 5.40. The molecule has 1 amide bonds. The predicted molar refractivity (Wildman–Crippen MR) is 114 cm³/mol. The summed E-state index contributed by atoms with van der Waals surface area (Å²) in [6.45, 7) is 10.7. The minimum atomic E-state index is -0.473. The normalized spacial score (nSPS) is 15.5. The molecule has 1 aromatic heterocycles. The molecule has 2 rings (SSSR count). The van der Waals surface area contributed by atoms with Crippen LogP contribution in [0, 0.1) is 6.92 Å². The van der Waals surface area contributed by atoms with Crippen molar-refractivity contribution in [3.8, 4) is 0 Å². The number of amides is 1. The molecule has 0 saturated carbocycles. The molecule has 1 saturated heterocycles. The van der Waals surface area contributed by atoms with E-state index >= 15 is 0 Å². The number of aryl methyl sites for hydroxylation is 1. The SMILES string of the molecule is Cc1ccc(CCN=C(N)N2CCN(C(=O)OC(C)(C)C)CC2)cn1.I. The molecule has 2 N–H and O–H groups in total. The number of nitrogens with zero attached hydrogens (tertiary/aromatic N) is 4. The van der Waals surface area contributed by atoms with Crippen LogP contribution in [0.1, 0.15) is 32.0 Å². The smallest absolute Gasteiger partial charge is 0.410 e. The number of guanidine groups is 1. The van der Waals surface area contributed by atoms with Crippen LogP contribution >= 0.6 is 24.0 Å². The van der Waals surface area contributed by atoms with E-state index in [9.17, 15) is 4.79 Å². The van der Waals surface area contributed by atoms with Crippen molar-refractivity contribution in [2.24, 2.45) is 10.7 Å². The number of ether oxygens (including phenoxy) is 1. The molecule has 8 heteroatoms. The molecule has 0 bridgehead atoms. The number of piperazine rings is 1. The van der Waals surface area contributed by atoms with Gasteiger partial charge in [0.15, 0.2) is 5.96 Å². The van der Waals surface area contributed by atoms with Gasteiger partial charge in [0, 0.05) is 44.6 Å². The Morgan fingerprint density at radius 1 is 1.23 bits per heavy atom. The van der Waals surface area contributed by atoms with Gasteiger partial charge in [0.25, 0.3) is 0 Å². The highest BCUT2D eigenvalue weighted by molar-refractivity contribution is 14.0. The van der Waals surface area contributed by atoms with E-state index in [1.54, 1.807) is 4.90 Å². The van der Waals surface area contributed by atoms with E-state index in [2.05, 4.69) is 16.0 Å². The molecule has 1 aliphatic rings. The molecule has 0 aliphatic carbocycles. The highest BCUT2D eigenvalue weighted by Gasteiger charge is 2.26. The average Bonchev–Trinajstić information content (AvgIpc) is 2.55. The standard InChI is InChI=1S/C18H29N5O2.HI/c1-14-5-6-15(13-21-14)7-8-20-16(19)22-9-11-23(12-10-22)17(24)25-18(2,3)4;/h5-6,13H,7-12H2,1-4H3,(H2,19,20);1H. The van der Waals surface area contributed by atoms with Crippen LogP contribution in [0.25, 0.3) is 0 Å². The number of pyridine rings is 1. The molecule has 1 aromatic rings. The fraction of sp³-hybridized carbons (Fsp3) is 0.611. The van der Waals surface area contributed by atoms with E-state index in [1.165, 1.54) is 0 Å². The number of aromatic nitrogens is 1. The largest absolute Gasteiger partial charge is 0.444 e. The van der Waals surface area contributed by atoms with Gasteiger partial charge < -0.3 is 20.3 Å². The van der Waals surface area contributed by atoms with Gasteiger partial charge in [-0.25, -0.2) is 4.79 Å². The molecule has 0 atom stereocenters. The molecule has 7 nitrogen and oxygen atoms in total. The van der Waals surface area contributed by atoms with E-state index in [1.807, 2.05) is 44.9 Å². The number of aliphatic imine (C=N–C) groups is 1. The zero-order valence-corrected chi connectivity index (χ0v) is 18.4. The van der Waals surface area contributed by atoms with Gasteiger partial charge in [-0.15, -0.1) is 24.0 Å². The van der Waals surface area contributed by atoms with Crippen LogP contribution in [-0.4, -0.2) is 65.2 Å². The van der Waals surface area contributed by atoms with E-state index in [0.717, 1.165) is 17.7 Å². The van der Waals surface area contributed by atoms with Crippen LogP contribution in [0.15, 0.2) is 23.3 Å². The lowest BCUT2D eigenvalue weighted by Crippen LogP contribution is -2.53. The fourth-order valence-corrected chi connectivity index (χ4v) is 2.49. The second kappa shape index (κ2) is 9.94. The fourth-order valence-electron chi connectivity index (χ4n) is 2.49. The van der Waals surface area contributed by atoms with Crippen molar-refractivity contribution in [3.05, 3.63) is 29.6 Å². The molecule has 1 aliphatic heterocycles. The molecule has 0 radical (unpaired) electrons. The molecular weight excluding hydrogens is 445 g/mol. The highest BCUT2D eigenvalue weighted by Crippen LogP contribution is 2.11. The number of hydrogen-bond donors (Lipinski definition) is 1. The zero-order valence-electron chi connectivity index (χ0n) is 16.1. The van der Waals surface area contributed by atoms with Gasteiger partial charge in [-0.05, 0) is 45.7 Å². The Morgan fingerprint density at radius 3 is 2.38 bits per heavy atom. The van der Waals surface area contributed by atoms with Crippen molar-refractivity contribution < 1.29 is 9.53 Å². The Bertz CT molecular complexity index is 605. The Kier molecular flexibility index (Phi) is 8.58. The Balaban J connectivity index is 0.00000338. The maximum absolute atomic E-state index is 12.1. The number of carbonyl (C=O) groups excluding carboxylic acids is 1. The van der Waals surface area contributed by atoms with Gasteiger partial charge in [0.1, 0.15) is 5.60 Å². The van der Waals surface area contributed by atoms with Crippen LogP contribution in [0.5, 0.6) is 0 Å². The minimum absolute atomic E-state index is 0. The summed E-state index contributed by atoms with van der Waals surface area (Å²) in [6.07, 6.45) is 2.42. The molecule has 146 valence electrons. The van der Waals surface area contributed by atoms with Crippen LogP contribution < -0.4 is 5.73 Å². The number of nitrogens with two attached hydrogens (primary N) is 1. The van der Waals surface area contributed by atoms with Crippen LogP contribution in [0.2, 0.25) is 0 Å². The summed E-state index contributed by atoms with van der Waals surface area (Å²) in [5.41, 5.74) is 7.77. The topological polar surface area (TPSA) is 84.0 Å². The molecule has 0 aromatic carbocycles. The maximum Gasteiger partial charge on any atom is 0.410 e. The van der Waals surface area contributed by atoms with Crippen molar-refractivity contribution in [1.29, 1.82) is 0 Å². The Labute approximate surface area is 173 Å². The number of rotatable bonds is 3. The Hall–Kier alpha value is -1.58. The number of halogens is 1. The van der Waals surface area contributed by atoms with Crippen molar-refractivity contribution >= 4 is 36.0 Å². The summed E-state index contributed by atoms with van der Waals surface area (Å²) in [7, 11) is 0. The first-order valence-corrected chi connectivity index (χ1v) is 8.69. The van der Waals surface area contributed by atoms with Gasteiger partial charge in [0.05, 0.1) is 0 Å². The minimum Gasteiger partial charge on any atom is -0.444 e. The first-order chi connectivity index (χ1) is 11.7. The Morgan fingerprint density at radius 2 is 1.85 bits per heavy atom. The molecule has 1 fully saturated rings. The van der Waals surface area contributed by atoms with E-state index in [4.69, 9.17) is 10.5 Å². The molecule has 2 heterocycles. The van der Waals surface area contributed by atoms with Gasteiger partial charge in [0.2, 0.25) is 0 Å². The lowest BCUT2D eigenvalue weighted by Gasteiger charge is -2.36. The van der Waals surface area contributed by atoms with Crippen molar-refractivity contribution in [3.63, 3.8) is 0 Å². The van der Waals surface area contributed by atoms with Crippen LogP contribution in [-0.2, 0) is 11.2 Å². The average molecular weight is 475 g/mol. The van der Waals surface area contributed by atoms with Gasteiger partial charge in [-0.2, -0.15) is 0 Å². The molecule has 0 spiro atoms. The summed E-state index contributed by atoms with van der Waals surface area (Å²) in [5, 5.41) is 0. The predicted octanol–water partition coefficient (Wildman–Crippen LogP) is 2.42. The van der Waals surface area contributed by atoms with Gasteiger partial charge in [-0.1, -0.05) is 6.07 Å². The summed E-state index contributed by atoms with van der Waals surface area (Å²) in [4.78, 5) is 24.5. The second-order valence-electron chi connectivity index (χ2n) is 7.25. The molecular formula is C18H30IN5O2. The lowest BCUT2D eigenvalue weighted by molar-refractivity contribution is 0.0186. The van der Waals surface area contributed by atoms with E-state index in [0.29, 0.717) is 38.7 Å². The van der Waals surface area contributed by atoms with Gasteiger partial charge >= 0.3 is 6.09 Å². The number of carbonyl (C=O) groups is 1. The quantitative estimate of drug-likeness (QED) is 0.413. The lowest BCUT2D eigenvalue weighted by atomic mass is 10.2. The third-order valence-electron chi connectivity index (χ3n) is 3.90. The first-order valence-electron chi connectivity index (χ1n) is 8.69. The van der Waals surface area contributed by atoms with E-state index in [-0.39, 0.29) is 30.1 Å². The monoisotopic (exact) mass is 475 g/mol. The van der Waals surface area contributed by atoms with Gasteiger partial charge in [-0.3, -0.25) is 9.98 Å². The van der Waals surface area contributed by atoms with Crippen LogP contribution in [0.4, 0.5) is 4.79 Å². The van der Waals surface area contributed by atoms with Crippen molar-refractivity contribution in [2.45, 2.75) is 39.7 Å². The summed E-state index contributed by atoms with van der Waals surface area (Å²) in [5.74, 6) is 0.531. The van der Waals surface area contributed by atoms with Crippen molar-refractivity contribution in [2.75, 3.05) is 32.7 Å². The second-order valence-corrected chi connectivity index (χ2v) is 7.25. The third-order valence-corrected chi connectivity index (χ3v) is 3.90. The molecule has 0 unspecified atom stereocenters. The number of hydrogen-bond acceptors (Lipinski definition) is 4. The van der Waals surface area contributed by atoms with Crippen LogP contribution in [0.3, 0.4) is 0 Å². The van der Waals surface area contributed by atoms with E-state index < -0.39 is 5.60 Å².